The van der Waals surface area contributed by atoms with Crippen LogP contribution in [0.1, 0.15) is 50.0 Å². The minimum atomic E-state index is -0.398. The summed E-state index contributed by atoms with van der Waals surface area (Å²) in [5.41, 5.74) is 2.08. The monoisotopic (exact) mass is 427 g/mol. The molecule has 4 nitrogen and oxygen atoms in total. The zero-order chi connectivity index (χ0) is 20.7. The fraction of sp³-hybridized carbons (Fsp3) is 0.375. The van der Waals surface area contributed by atoms with E-state index in [1.54, 1.807) is 12.3 Å². The molecule has 6 heteroatoms. The Morgan fingerprint density at radius 3 is 2.67 bits per heavy atom. The number of hydrogen-bond donors (Lipinski definition) is 0. The van der Waals surface area contributed by atoms with Crippen molar-refractivity contribution in [3.8, 4) is 0 Å². The largest absolute Gasteiger partial charge is 0.465 e. The molecule has 1 aliphatic carbocycles. The van der Waals surface area contributed by atoms with Gasteiger partial charge in [-0.05, 0) is 67.7 Å². The maximum atomic E-state index is 13.5. The van der Waals surface area contributed by atoms with Gasteiger partial charge in [0.25, 0.3) is 5.91 Å². The minimum Gasteiger partial charge on any atom is -0.465 e. The third-order valence-electron chi connectivity index (χ3n) is 6.49. The van der Waals surface area contributed by atoms with Crippen molar-refractivity contribution in [2.24, 2.45) is 0 Å². The molecule has 4 aliphatic rings. The topological polar surface area (TPSA) is 38.8 Å². The maximum Gasteiger partial charge on any atom is 0.293 e. The Morgan fingerprint density at radius 1 is 1.17 bits per heavy atom. The van der Waals surface area contributed by atoms with Crippen LogP contribution in [0, 0.1) is 5.82 Å². The zero-order valence-corrected chi connectivity index (χ0v) is 17.3. The summed E-state index contributed by atoms with van der Waals surface area (Å²) in [6.07, 6.45) is 14.5. The molecule has 2 bridgehead atoms. The molecule has 156 valence electrons. The number of nitrogens with zero attached hydrogens (tertiary/aromatic N) is 1. The molecular weight excluding hydrogens is 405 g/mol. The predicted octanol–water partition coefficient (Wildman–Crippen LogP) is 5.72. The van der Waals surface area contributed by atoms with Gasteiger partial charge in [0, 0.05) is 12.1 Å². The summed E-state index contributed by atoms with van der Waals surface area (Å²) in [6.45, 7) is 0. The lowest BCUT2D eigenvalue weighted by atomic mass is 9.85. The summed E-state index contributed by atoms with van der Waals surface area (Å²) >= 11 is 5.99. The predicted molar refractivity (Wildman–Crippen MR) is 112 cm³/mol. The molecule has 1 aromatic carbocycles. The van der Waals surface area contributed by atoms with Crippen molar-refractivity contribution in [2.45, 2.75) is 56.5 Å². The van der Waals surface area contributed by atoms with Crippen molar-refractivity contribution in [3.05, 3.63) is 82.4 Å². The van der Waals surface area contributed by atoms with Crippen molar-refractivity contribution in [3.63, 3.8) is 0 Å². The quantitative estimate of drug-likeness (QED) is 0.619. The van der Waals surface area contributed by atoms with Crippen LogP contribution in [0.3, 0.4) is 0 Å². The van der Waals surface area contributed by atoms with E-state index in [0.717, 1.165) is 49.7 Å². The first-order chi connectivity index (χ1) is 14.6. The first-order valence-corrected chi connectivity index (χ1v) is 10.9. The summed E-state index contributed by atoms with van der Waals surface area (Å²) in [4.78, 5) is 15.3. The highest BCUT2D eigenvalue weighted by atomic mass is 35.5. The van der Waals surface area contributed by atoms with Gasteiger partial charge in [-0.15, -0.1) is 0 Å². The van der Waals surface area contributed by atoms with Crippen molar-refractivity contribution < 1.29 is 18.7 Å². The number of allylic oxidation sites excluding steroid dienone is 4. The normalized spacial score (nSPS) is 27.6. The average Bonchev–Trinajstić information content (AvgIpc) is 3.05. The van der Waals surface area contributed by atoms with E-state index in [0.29, 0.717) is 5.76 Å². The molecule has 30 heavy (non-hydrogen) atoms. The van der Waals surface area contributed by atoms with Crippen LogP contribution in [0.15, 0.2) is 66.0 Å². The summed E-state index contributed by atoms with van der Waals surface area (Å²) in [7, 11) is 0. The number of rotatable bonds is 3. The third-order valence-corrected chi connectivity index (χ3v) is 6.78. The number of hydrogen-bond acceptors (Lipinski definition) is 3. The SMILES string of the molecule is O=C(C1=COC=C(C2=CC=CCC2)O1)N1C2CCC1CC(c1ccc(F)c(Cl)c1)C2. The van der Waals surface area contributed by atoms with E-state index in [-0.39, 0.29) is 34.7 Å². The van der Waals surface area contributed by atoms with E-state index in [1.807, 2.05) is 23.1 Å². The van der Waals surface area contributed by atoms with Crippen molar-refractivity contribution in [1.29, 1.82) is 0 Å². The molecule has 2 saturated heterocycles. The second-order valence-corrected chi connectivity index (χ2v) is 8.71. The van der Waals surface area contributed by atoms with E-state index in [2.05, 4.69) is 6.08 Å². The van der Waals surface area contributed by atoms with Gasteiger partial charge in [0.1, 0.15) is 18.3 Å². The highest BCUT2D eigenvalue weighted by Crippen LogP contribution is 2.44. The molecule has 0 aromatic heterocycles. The number of halogens is 2. The van der Waals surface area contributed by atoms with Gasteiger partial charge < -0.3 is 14.4 Å². The molecule has 5 rings (SSSR count). The molecule has 3 aliphatic heterocycles. The van der Waals surface area contributed by atoms with Gasteiger partial charge in [-0.3, -0.25) is 4.79 Å². The Hall–Kier alpha value is -2.53. The first-order valence-electron chi connectivity index (χ1n) is 10.5. The standard InChI is InChI=1S/C24H23ClFNO3/c25-20-12-16(6-9-21(20)26)17-10-18-7-8-19(11-17)27(18)24(28)23-14-29-13-22(30-23)15-4-2-1-3-5-15/h1-2,4,6,9,12-14,17-19H,3,5,7-8,10-11H2. The number of ether oxygens (including phenoxy) is 2. The summed E-state index contributed by atoms with van der Waals surface area (Å²) in [6, 6.07) is 5.24. The number of benzene rings is 1. The van der Waals surface area contributed by atoms with Crippen LogP contribution in [-0.4, -0.2) is 22.9 Å². The molecule has 0 saturated carbocycles. The van der Waals surface area contributed by atoms with E-state index < -0.39 is 5.82 Å². The Kier molecular flexibility index (Phi) is 5.15. The van der Waals surface area contributed by atoms with Crippen LogP contribution in [0.4, 0.5) is 4.39 Å². The molecule has 2 unspecified atom stereocenters. The van der Waals surface area contributed by atoms with Crippen LogP contribution in [-0.2, 0) is 14.3 Å². The van der Waals surface area contributed by atoms with Crippen LogP contribution in [0.25, 0.3) is 0 Å². The van der Waals surface area contributed by atoms with E-state index in [4.69, 9.17) is 21.1 Å². The van der Waals surface area contributed by atoms with Gasteiger partial charge >= 0.3 is 0 Å². The molecule has 2 fully saturated rings. The molecule has 0 spiro atoms. The Bertz CT molecular complexity index is 982. The van der Waals surface area contributed by atoms with Crippen LogP contribution < -0.4 is 0 Å². The molecular formula is C24H23ClFNO3. The number of carbonyl (C=O) groups excluding carboxylic acids is 1. The first kappa shape index (κ1) is 19.4. The highest BCUT2D eigenvalue weighted by molar-refractivity contribution is 6.30. The van der Waals surface area contributed by atoms with Crippen molar-refractivity contribution in [2.75, 3.05) is 0 Å². The third kappa shape index (κ3) is 3.56. The smallest absolute Gasteiger partial charge is 0.293 e. The minimum absolute atomic E-state index is 0.115. The van der Waals surface area contributed by atoms with E-state index in [1.165, 1.54) is 12.3 Å². The number of carbonyl (C=O) groups is 1. The second kappa shape index (κ2) is 7.95. The molecule has 1 aromatic rings. The van der Waals surface area contributed by atoms with E-state index >= 15 is 0 Å². The van der Waals surface area contributed by atoms with Gasteiger partial charge in [0.05, 0.1) is 5.02 Å². The Balaban J connectivity index is 1.29. The van der Waals surface area contributed by atoms with Gasteiger partial charge in [0.15, 0.2) is 5.76 Å². The lowest BCUT2D eigenvalue weighted by Crippen LogP contribution is -2.47. The lowest BCUT2D eigenvalue weighted by molar-refractivity contribution is -0.135. The number of piperidine rings is 1. The number of amides is 1. The Morgan fingerprint density at radius 2 is 1.97 bits per heavy atom. The summed E-state index contributed by atoms with van der Waals surface area (Å²) in [5.74, 6) is 0.605. The highest BCUT2D eigenvalue weighted by Gasteiger charge is 2.45. The molecule has 0 radical (unpaired) electrons. The molecule has 3 heterocycles. The maximum absolute atomic E-state index is 13.5. The second-order valence-electron chi connectivity index (χ2n) is 8.30. The molecule has 0 N–H and O–H groups in total. The molecule has 2 atom stereocenters. The van der Waals surface area contributed by atoms with Gasteiger partial charge in [-0.1, -0.05) is 35.9 Å². The zero-order valence-electron chi connectivity index (χ0n) is 16.5. The fourth-order valence-corrected chi connectivity index (χ4v) is 5.23. The van der Waals surface area contributed by atoms with E-state index in [9.17, 15) is 9.18 Å². The Labute approximate surface area is 180 Å². The average molecular weight is 428 g/mol. The van der Waals surface area contributed by atoms with Crippen molar-refractivity contribution in [1.82, 2.24) is 4.90 Å². The summed E-state index contributed by atoms with van der Waals surface area (Å²) < 4.78 is 24.9. The number of fused-ring (bicyclic) bond motifs is 2. The van der Waals surface area contributed by atoms with Gasteiger partial charge in [0.2, 0.25) is 5.76 Å². The van der Waals surface area contributed by atoms with Gasteiger partial charge in [-0.2, -0.15) is 0 Å². The summed E-state index contributed by atoms with van der Waals surface area (Å²) in [5, 5.41) is 0.155. The fourth-order valence-electron chi connectivity index (χ4n) is 5.04. The van der Waals surface area contributed by atoms with Crippen LogP contribution in [0.2, 0.25) is 5.02 Å². The lowest BCUT2D eigenvalue weighted by Gasteiger charge is -2.39. The van der Waals surface area contributed by atoms with Gasteiger partial charge in [-0.25, -0.2) is 4.39 Å². The van der Waals surface area contributed by atoms with Crippen LogP contribution >= 0.6 is 11.6 Å². The van der Waals surface area contributed by atoms with Crippen molar-refractivity contribution >= 4 is 17.5 Å². The van der Waals surface area contributed by atoms with Crippen LogP contribution in [0.5, 0.6) is 0 Å². The molecule has 1 amide bonds.